The molecule has 3 aromatic carbocycles. The maximum Gasteiger partial charge on any atom is 0.261 e. The van der Waals surface area contributed by atoms with Crippen LogP contribution in [-0.4, -0.2) is 8.42 Å². The van der Waals surface area contributed by atoms with Gasteiger partial charge in [0.15, 0.2) is 0 Å². The lowest BCUT2D eigenvalue weighted by Gasteiger charge is -2.13. The molecule has 0 amide bonds. The van der Waals surface area contributed by atoms with Crippen LogP contribution in [0, 0.1) is 11.3 Å². The van der Waals surface area contributed by atoms with Crippen molar-refractivity contribution in [2.45, 2.75) is 4.90 Å². The lowest BCUT2D eigenvalue weighted by molar-refractivity contribution is 0.601. The molecule has 0 saturated heterocycles. The van der Waals surface area contributed by atoms with E-state index in [4.69, 9.17) is 5.26 Å². The van der Waals surface area contributed by atoms with Crippen molar-refractivity contribution in [1.29, 1.82) is 5.26 Å². The third kappa shape index (κ3) is 3.29. The van der Waals surface area contributed by atoms with Crippen LogP contribution in [0.5, 0.6) is 0 Å². The topological polar surface area (TPSA) is 70.0 Å². The van der Waals surface area contributed by atoms with Gasteiger partial charge >= 0.3 is 0 Å². The zero-order chi connectivity index (χ0) is 17.0. The summed E-state index contributed by atoms with van der Waals surface area (Å²) in [7, 11) is -3.73. The molecule has 0 heterocycles. The molecule has 0 aliphatic carbocycles. The van der Waals surface area contributed by atoms with Crippen LogP contribution in [0.25, 0.3) is 11.1 Å². The Labute approximate surface area is 141 Å². The number of nitrogens with zero attached hydrogens (tertiary/aromatic N) is 1. The van der Waals surface area contributed by atoms with Gasteiger partial charge in [0.25, 0.3) is 10.0 Å². The fraction of sp³-hybridized carbons (Fsp3) is 0. The predicted molar refractivity (Wildman–Crippen MR) is 93.8 cm³/mol. The summed E-state index contributed by atoms with van der Waals surface area (Å²) in [5.74, 6) is 0. The fourth-order valence-electron chi connectivity index (χ4n) is 2.35. The molecule has 3 rings (SSSR count). The number of para-hydroxylation sites is 1. The summed E-state index contributed by atoms with van der Waals surface area (Å²) in [6.45, 7) is 0. The summed E-state index contributed by atoms with van der Waals surface area (Å²) >= 11 is 0. The van der Waals surface area contributed by atoms with E-state index in [9.17, 15) is 8.42 Å². The average molecular weight is 334 g/mol. The van der Waals surface area contributed by atoms with Crippen LogP contribution >= 0.6 is 0 Å². The summed E-state index contributed by atoms with van der Waals surface area (Å²) in [6.07, 6.45) is 0. The molecule has 0 fully saturated rings. The molecule has 5 heteroatoms. The number of sulfonamides is 1. The Hall–Kier alpha value is -3.10. The minimum Gasteiger partial charge on any atom is -0.279 e. The number of benzene rings is 3. The number of anilines is 1. The first-order valence-electron chi connectivity index (χ1n) is 7.27. The molecule has 118 valence electrons. The first kappa shape index (κ1) is 15.8. The van der Waals surface area contributed by atoms with Crippen molar-refractivity contribution in [3.05, 3.63) is 84.4 Å². The van der Waals surface area contributed by atoms with Gasteiger partial charge in [0, 0.05) is 5.56 Å². The quantitative estimate of drug-likeness (QED) is 0.783. The molecule has 3 aromatic rings. The number of nitriles is 1. The van der Waals surface area contributed by atoms with Gasteiger partial charge in [0.1, 0.15) is 0 Å². The number of rotatable bonds is 4. The summed E-state index contributed by atoms with van der Waals surface area (Å²) in [5, 5.41) is 8.81. The van der Waals surface area contributed by atoms with Crippen molar-refractivity contribution in [2.24, 2.45) is 0 Å². The van der Waals surface area contributed by atoms with Gasteiger partial charge in [0.2, 0.25) is 0 Å². The van der Waals surface area contributed by atoms with Crippen LogP contribution in [0.1, 0.15) is 5.56 Å². The third-order valence-corrected chi connectivity index (χ3v) is 4.93. The van der Waals surface area contributed by atoms with E-state index in [2.05, 4.69) is 4.72 Å². The molecule has 4 nitrogen and oxygen atoms in total. The van der Waals surface area contributed by atoms with E-state index < -0.39 is 10.0 Å². The Morgan fingerprint density at radius 1 is 0.792 bits per heavy atom. The average Bonchev–Trinajstić information content (AvgIpc) is 2.63. The van der Waals surface area contributed by atoms with E-state index in [0.717, 1.165) is 11.1 Å². The fourth-order valence-corrected chi connectivity index (χ4v) is 3.43. The first-order valence-corrected chi connectivity index (χ1v) is 8.76. The first-order chi connectivity index (χ1) is 11.6. The normalized spacial score (nSPS) is 10.8. The van der Waals surface area contributed by atoms with Crippen molar-refractivity contribution in [3.63, 3.8) is 0 Å². The van der Waals surface area contributed by atoms with Gasteiger partial charge in [0.05, 0.1) is 22.2 Å². The van der Waals surface area contributed by atoms with E-state index in [1.54, 1.807) is 12.1 Å². The predicted octanol–water partition coefficient (Wildman–Crippen LogP) is 4.03. The number of hydrogen-bond acceptors (Lipinski definition) is 3. The van der Waals surface area contributed by atoms with Gasteiger partial charge in [-0.3, -0.25) is 4.72 Å². The molecule has 0 bridgehead atoms. The van der Waals surface area contributed by atoms with Crippen LogP contribution in [0.15, 0.2) is 83.8 Å². The Kier molecular flexibility index (Phi) is 4.32. The molecule has 0 atom stereocenters. The van der Waals surface area contributed by atoms with Gasteiger partial charge < -0.3 is 0 Å². The summed E-state index contributed by atoms with van der Waals surface area (Å²) in [6, 6.07) is 24.6. The highest BCUT2D eigenvalue weighted by molar-refractivity contribution is 7.92. The molecule has 0 saturated carbocycles. The smallest absolute Gasteiger partial charge is 0.261 e. The van der Waals surface area contributed by atoms with Gasteiger partial charge in [-0.2, -0.15) is 5.26 Å². The Bertz CT molecular complexity index is 990. The maximum atomic E-state index is 12.6. The van der Waals surface area contributed by atoms with Gasteiger partial charge in [-0.1, -0.05) is 48.5 Å². The lowest BCUT2D eigenvalue weighted by atomic mass is 10.0. The number of nitrogens with one attached hydrogen (secondary N) is 1. The Morgan fingerprint density at radius 3 is 2.08 bits per heavy atom. The van der Waals surface area contributed by atoms with Crippen LogP contribution in [0.2, 0.25) is 0 Å². The second-order valence-corrected chi connectivity index (χ2v) is 6.84. The molecule has 24 heavy (non-hydrogen) atoms. The van der Waals surface area contributed by atoms with Crippen LogP contribution in [0.4, 0.5) is 5.69 Å². The summed E-state index contributed by atoms with van der Waals surface area (Å²) in [4.78, 5) is 0.115. The molecule has 0 aromatic heterocycles. The van der Waals surface area contributed by atoms with Gasteiger partial charge in [-0.05, 0) is 35.9 Å². The summed E-state index contributed by atoms with van der Waals surface area (Å²) in [5.41, 5.74) is 2.65. The van der Waals surface area contributed by atoms with Gasteiger partial charge in [-0.25, -0.2) is 8.42 Å². The van der Waals surface area contributed by atoms with E-state index in [1.165, 1.54) is 24.3 Å². The minimum absolute atomic E-state index is 0.115. The van der Waals surface area contributed by atoms with Crippen molar-refractivity contribution < 1.29 is 8.42 Å². The largest absolute Gasteiger partial charge is 0.279 e. The lowest BCUT2D eigenvalue weighted by Crippen LogP contribution is -2.13. The molecule has 1 N–H and O–H groups in total. The van der Waals surface area contributed by atoms with E-state index in [0.29, 0.717) is 11.3 Å². The molecule has 0 spiro atoms. The maximum absolute atomic E-state index is 12.6. The Balaban J connectivity index is 1.98. The van der Waals surface area contributed by atoms with Crippen molar-refractivity contribution >= 4 is 15.7 Å². The third-order valence-electron chi connectivity index (χ3n) is 3.55. The second-order valence-electron chi connectivity index (χ2n) is 5.15. The molecule has 0 radical (unpaired) electrons. The van der Waals surface area contributed by atoms with Crippen molar-refractivity contribution in [3.8, 4) is 17.2 Å². The highest BCUT2D eigenvalue weighted by Gasteiger charge is 2.16. The van der Waals surface area contributed by atoms with Crippen LogP contribution < -0.4 is 4.72 Å². The van der Waals surface area contributed by atoms with E-state index >= 15 is 0 Å². The monoisotopic (exact) mass is 334 g/mol. The van der Waals surface area contributed by atoms with Crippen molar-refractivity contribution in [1.82, 2.24) is 0 Å². The highest BCUT2D eigenvalue weighted by Crippen LogP contribution is 2.29. The van der Waals surface area contributed by atoms with Crippen molar-refractivity contribution in [2.75, 3.05) is 4.72 Å². The molecular formula is C19H14N2O2S. The van der Waals surface area contributed by atoms with Gasteiger partial charge in [-0.15, -0.1) is 0 Å². The molecule has 0 unspecified atom stereocenters. The molecule has 0 aliphatic heterocycles. The minimum atomic E-state index is -3.73. The zero-order valence-corrected chi connectivity index (χ0v) is 13.5. The molecule has 0 aliphatic rings. The summed E-state index contributed by atoms with van der Waals surface area (Å²) < 4.78 is 27.8. The highest BCUT2D eigenvalue weighted by atomic mass is 32.2. The standard InChI is InChI=1S/C19H14N2O2S/c20-14-15-10-12-17(13-11-15)24(22,23)21-19-9-5-4-8-18(19)16-6-2-1-3-7-16/h1-13,21H. The zero-order valence-electron chi connectivity index (χ0n) is 12.7. The van der Waals surface area contributed by atoms with E-state index in [1.807, 2.05) is 48.5 Å². The number of hydrogen-bond donors (Lipinski definition) is 1. The van der Waals surface area contributed by atoms with E-state index in [-0.39, 0.29) is 4.90 Å². The molecular weight excluding hydrogens is 320 g/mol. The SMILES string of the molecule is N#Cc1ccc(S(=O)(=O)Nc2ccccc2-c2ccccc2)cc1. The Morgan fingerprint density at radius 2 is 1.42 bits per heavy atom. The second kappa shape index (κ2) is 6.57. The van der Waals surface area contributed by atoms with Crippen LogP contribution in [0.3, 0.4) is 0 Å². The van der Waals surface area contributed by atoms with Crippen LogP contribution in [-0.2, 0) is 10.0 Å².